The highest BCUT2D eigenvalue weighted by Crippen LogP contribution is 2.42. The van der Waals surface area contributed by atoms with E-state index in [0.717, 1.165) is 100 Å². The first kappa shape index (κ1) is 43.3. The van der Waals surface area contributed by atoms with Crippen LogP contribution in [0.25, 0.3) is 134 Å². The molecule has 348 valence electrons. The average Bonchev–Trinajstić information content (AvgIpc) is 3.86. The quantitative estimate of drug-likeness (QED) is 0.152. The molecule has 0 saturated heterocycles. The molecule has 2 heterocycles. The Bertz CT molecular complexity index is 4270. The minimum absolute atomic E-state index is 0.180. The Morgan fingerprint density at radius 2 is 0.892 bits per heavy atom. The van der Waals surface area contributed by atoms with Crippen LogP contribution in [0, 0.1) is 5.92 Å². The van der Waals surface area contributed by atoms with E-state index in [4.69, 9.17) is 19.4 Å². The first-order chi connectivity index (χ1) is 36.5. The molecule has 1 aliphatic rings. The lowest BCUT2D eigenvalue weighted by molar-refractivity contribution is 0.669. The number of rotatable bonds is 8. The monoisotopic (exact) mass is 945 g/mol. The predicted octanol–water partition coefficient (Wildman–Crippen LogP) is 18.5. The van der Waals surface area contributed by atoms with E-state index in [2.05, 4.69) is 256 Å². The third-order valence-corrected chi connectivity index (χ3v) is 14.9. The van der Waals surface area contributed by atoms with Crippen LogP contribution in [0.15, 0.2) is 247 Å². The van der Waals surface area contributed by atoms with Gasteiger partial charge in [-0.15, -0.1) is 0 Å². The van der Waals surface area contributed by atoms with E-state index in [-0.39, 0.29) is 5.92 Å². The van der Waals surface area contributed by atoms with Crippen LogP contribution < -0.4 is 0 Å². The number of benzene rings is 11. The normalized spacial score (nSPS) is 13.4. The zero-order valence-corrected chi connectivity index (χ0v) is 40.7. The SMILES string of the molecule is CC1Cc2ccc3ccccc3c2C=C1c1nc(-c2cc(-c3ccccc3)cc(-c3ccccc3)c2)nc(-c2ccc3ccc(-c4cccc5oc6ccc(-c7ccc(-c8ccccc8)cc7)cc6c45)cc3c2)n1. The van der Waals surface area contributed by atoms with E-state index in [1.165, 1.54) is 33.0 Å². The fourth-order valence-electron chi connectivity index (χ4n) is 11.1. The van der Waals surface area contributed by atoms with Crippen LogP contribution in [0.5, 0.6) is 0 Å². The molecule has 1 atom stereocenters. The van der Waals surface area contributed by atoms with Gasteiger partial charge >= 0.3 is 0 Å². The van der Waals surface area contributed by atoms with Gasteiger partial charge in [0, 0.05) is 27.5 Å². The number of hydrogen-bond donors (Lipinski definition) is 0. The van der Waals surface area contributed by atoms with Gasteiger partial charge in [0.1, 0.15) is 11.2 Å². The molecule has 0 amide bonds. The lowest BCUT2D eigenvalue weighted by atomic mass is 9.82. The van der Waals surface area contributed by atoms with Crippen molar-refractivity contribution in [1.29, 1.82) is 0 Å². The van der Waals surface area contributed by atoms with E-state index < -0.39 is 0 Å². The Morgan fingerprint density at radius 3 is 1.61 bits per heavy atom. The van der Waals surface area contributed by atoms with Crippen molar-refractivity contribution in [1.82, 2.24) is 15.0 Å². The van der Waals surface area contributed by atoms with Gasteiger partial charge in [-0.3, -0.25) is 0 Å². The second-order valence-corrected chi connectivity index (χ2v) is 19.6. The average molecular weight is 946 g/mol. The molecular weight excluding hydrogens is 899 g/mol. The van der Waals surface area contributed by atoms with Gasteiger partial charge in [-0.2, -0.15) is 0 Å². The zero-order valence-electron chi connectivity index (χ0n) is 40.7. The third kappa shape index (κ3) is 7.85. The molecule has 0 N–H and O–H groups in total. The van der Waals surface area contributed by atoms with Gasteiger partial charge in [-0.05, 0) is 155 Å². The van der Waals surface area contributed by atoms with Crippen molar-refractivity contribution in [2.24, 2.45) is 5.92 Å². The molecule has 13 aromatic rings. The molecule has 11 aromatic carbocycles. The zero-order chi connectivity index (χ0) is 49.1. The highest BCUT2D eigenvalue weighted by atomic mass is 16.3. The van der Waals surface area contributed by atoms with Crippen molar-refractivity contribution in [3.05, 3.63) is 260 Å². The van der Waals surface area contributed by atoms with Crippen molar-refractivity contribution in [2.75, 3.05) is 0 Å². The van der Waals surface area contributed by atoms with Crippen molar-refractivity contribution < 1.29 is 4.42 Å². The summed E-state index contributed by atoms with van der Waals surface area (Å²) in [6, 6.07) is 86.6. The molecule has 0 saturated carbocycles. The second-order valence-electron chi connectivity index (χ2n) is 19.6. The molecule has 0 bridgehead atoms. The number of hydrogen-bond acceptors (Lipinski definition) is 4. The smallest absolute Gasteiger partial charge is 0.164 e. The topological polar surface area (TPSA) is 51.8 Å². The summed E-state index contributed by atoms with van der Waals surface area (Å²) in [5.41, 5.74) is 18.7. The van der Waals surface area contributed by atoms with Crippen LogP contribution in [0.1, 0.15) is 23.9 Å². The molecule has 2 aromatic heterocycles. The maximum absolute atomic E-state index is 6.54. The fraction of sp³-hybridized carbons (Fsp3) is 0.0429. The molecule has 0 fully saturated rings. The summed E-state index contributed by atoms with van der Waals surface area (Å²) in [6.45, 7) is 2.29. The van der Waals surface area contributed by atoms with Crippen LogP contribution in [0.4, 0.5) is 0 Å². The van der Waals surface area contributed by atoms with Crippen molar-refractivity contribution >= 4 is 55.1 Å². The van der Waals surface area contributed by atoms with Gasteiger partial charge in [0.2, 0.25) is 0 Å². The van der Waals surface area contributed by atoms with Crippen LogP contribution >= 0.6 is 0 Å². The fourth-order valence-corrected chi connectivity index (χ4v) is 11.1. The Balaban J connectivity index is 0.909. The van der Waals surface area contributed by atoms with Crippen LogP contribution in [0.3, 0.4) is 0 Å². The number of aromatic nitrogens is 3. The molecule has 74 heavy (non-hydrogen) atoms. The molecule has 14 rings (SSSR count). The van der Waals surface area contributed by atoms with Gasteiger partial charge in [0.05, 0.1) is 0 Å². The summed E-state index contributed by atoms with van der Waals surface area (Å²) in [6.07, 6.45) is 3.23. The van der Waals surface area contributed by atoms with E-state index >= 15 is 0 Å². The number of allylic oxidation sites excluding steroid dienone is 1. The largest absolute Gasteiger partial charge is 0.456 e. The predicted molar refractivity (Wildman–Crippen MR) is 307 cm³/mol. The maximum atomic E-state index is 6.54. The van der Waals surface area contributed by atoms with E-state index in [0.29, 0.717) is 17.5 Å². The van der Waals surface area contributed by atoms with Gasteiger partial charge in [-0.1, -0.05) is 201 Å². The van der Waals surface area contributed by atoms with Gasteiger partial charge < -0.3 is 4.42 Å². The second kappa shape index (κ2) is 18.0. The number of fused-ring (bicyclic) bond motifs is 7. The summed E-state index contributed by atoms with van der Waals surface area (Å²) in [5.74, 6) is 2.14. The van der Waals surface area contributed by atoms with Crippen LogP contribution in [-0.4, -0.2) is 15.0 Å². The lowest BCUT2D eigenvalue weighted by Gasteiger charge is -2.24. The maximum Gasteiger partial charge on any atom is 0.164 e. The van der Waals surface area contributed by atoms with Gasteiger partial charge in [0.25, 0.3) is 0 Å². The molecule has 1 unspecified atom stereocenters. The first-order valence-corrected chi connectivity index (χ1v) is 25.4. The standard InChI is InChI=1S/C70H47N3O/c1-44-36-53-32-30-51-20-11-12-21-60(51)63(53)43-62(44)70-72-68(71-69(73-70)59-40-57(46-16-7-3-8-17-46)39-58(41-59)47-18-9-4-10-19-47)55-33-29-50-28-31-54(37-56(50)38-55)61-22-13-23-66-67(61)64-42-52(34-35-65(64)74-66)49-26-24-48(25-27-49)45-14-5-2-6-15-45/h2-35,37-44H,36H2,1H3. The summed E-state index contributed by atoms with van der Waals surface area (Å²) >= 11 is 0. The Kier molecular flexibility index (Phi) is 10.5. The summed E-state index contributed by atoms with van der Waals surface area (Å²) in [7, 11) is 0. The van der Waals surface area contributed by atoms with E-state index in [1.807, 2.05) is 0 Å². The molecule has 0 aliphatic heterocycles. The molecule has 0 spiro atoms. The molecular formula is C70H47N3O. The van der Waals surface area contributed by atoms with Crippen molar-refractivity contribution in [3.63, 3.8) is 0 Å². The highest BCUT2D eigenvalue weighted by Gasteiger charge is 2.25. The first-order valence-electron chi connectivity index (χ1n) is 25.4. The lowest BCUT2D eigenvalue weighted by Crippen LogP contribution is -2.13. The van der Waals surface area contributed by atoms with Gasteiger partial charge in [0.15, 0.2) is 17.5 Å². The van der Waals surface area contributed by atoms with Crippen LogP contribution in [-0.2, 0) is 6.42 Å². The van der Waals surface area contributed by atoms with E-state index in [1.54, 1.807) is 0 Å². The number of furan rings is 1. The Morgan fingerprint density at radius 1 is 0.351 bits per heavy atom. The third-order valence-electron chi connectivity index (χ3n) is 14.9. The minimum atomic E-state index is 0.180. The Hall–Kier alpha value is -9.51. The minimum Gasteiger partial charge on any atom is -0.456 e. The van der Waals surface area contributed by atoms with Gasteiger partial charge in [-0.25, -0.2) is 15.0 Å². The van der Waals surface area contributed by atoms with Crippen LogP contribution in [0.2, 0.25) is 0 Å². The van der Waals surface area contributed by atoms with Crippen molar-refractivity contribution in [3.8, 4) is 78.4 Å². The summed E-state index contributed by atoms with van der Waals surface area (Å²) in [5, 5.41) is 6.88. The number of nitrogens with zero attached hydrogens (tertiary/aromatic N) is 3. The molecule has 4 nitrogen and oxygen atoms in total. The van der Waals surface area contributed by atoms with Crippen molar-refractivity contribution in [2.45, 2.75) is 13.3 Å². The highest BCUT2D eigenvalue weighted by molar-refractivity contribution is 6.14. The van der Waals surface area contributed by atoms with E-state index in [9.17, 15) is 0 Å². The summed E-state index contributed by atoms with van der Waals surface area (Å²) in [4.78, 5) is 16.3. The molecule has 1 aliphatic carbocycles. The summed E-state index contributed by atoms with van der Waals surface area (Å²) < 4.78 is 6.54. The molecule has 0 radical (unpaired) electrons. The molecule has 4 heteroatoms. The Labute approximate surface area is 429 Å².